The molecule has 0 radical (unpaired) electrons. The molecule has 0 aromatic rings. The van der Waals surface area contributed by atoms with Gasteiger partial charge in [-0.2, -0.15) is 0 Å². The summed E-state index contributed by atoms with van der Waals surface area (Å²) in [6, 6.07) is 0. The minimum Gasteiger partial charge on any atom is -0.481 e. The maximum absolute atomic E-state index is 11.8. The minimum atomic E-state index is -0.772. The van der Waals surface area contributed by atoms with Crippen LogP contribution in [0.1, 0.15) is 12.8 Å². The van der Waals surface area contributed by atoms with Gasteiger partial charge in [0.05, 0.1) is 32.3 Å². The molecule has 1 aliphatic rings. The monoisotopic (exact) mass is 274 g/mol. The summed E-state index contributed by atoms with van der Waals surface area (Å²) in [5.41, 5.74) is 0. The third kappa shape index (κ3) is 6.00. The zero-order chi connectivity index (χ0) is 14.1. The number of hydrogen-bond acceptors (Lipinski definition) is 5. The van der Waals surface area contributed by atoms with Crippen molar-refractivity contribution in [3.05, 3.63) is 0 Å². The normalized spacial score (nSPS) is 16.6. The average Bonchev–Trinajstić information content (AvgIpc) is 2.42. The quantitative estimate of drug-likeness (QED) is 0.486. The number of nitrogens with one attached hydrogen (secondary N) is 1. The summed E-state index contributed by atoms with van der Waals surface area (Å²) in [5, 5.41) is 20.3. The third-order valence-corrected chi connectivity index (χ3v) is 3.13. The average molecular weight is 274 g/mol. The van der Waals surface area contributed by atoms with Crippen LogP contribution >= 0.6 is 0 Å². The van der Waals surface area contributed by atoms with E-state index in [1.807, 2.05) is 0 Å². The first-order valence-electron chi connectivity index (χ1n) is 6.55. The van der Waals surface area contributed by atoms with E-state index in [-0.39, 0.29) is 25.0 Å². The van der Waals surface area contributed by atoms with Gasteiger partial charge in [-0.25, -0.2) is 0 Å². The number of aliphatic carboxylic acids is 1. The molecule has 0 unspecified atom stereocenters. The molecule has 0 atom stereocenters. The van der Waals surface area contributed by atoms with Crippen molar-refractivity contribution in [3.8, 4) is 0 Å². The van der Waals surface area contributed by atoms with Crippen molar-refractivity contribution >= 4 is 11.9 Å². The number of carboxylic acids is 1. The molecule has 0 saturated carbocycles. The number of amides is 1. The number of aliphatic hydroxyl groups excluding tert-OH is 1. The van der Waals surface area contributed by atoms with Crippen LogP contribution in [-0.2, 0) is 14.3 Å². The molecular weight excluding hydrogens is 252 g/mol. The summed E-state index contributed by atoms with van der Waals surface area (Å²) in [4.78, 5) is 24.3. The highest BCUT2D eigenvalue weighted by Crippen LogP contribution is 2.16. The standard InChI is InChI=1S/C12H22N2O5/c15-6-8-19-7-3-13-9-11(16)14-4-1-10(2-5-14)12(17)18/h10,13,15H,1-9H2,(H,17,18). The molecule has 19 heavy (non-hydrogen) atoms. The Labute approximate surface area is 112 Å². The summed E-state index contributed by atoms with van der Waals surface area (Å²) in [6.07, 6.45) is 1.06. The van der Waals surface area contributed by atoms with Gasteiger partial charge in [0.25, 0.3) is 0 Å². The predicted molar refractivity (Wildman–Crippen MR) is 67.7 cm³/mol. The van der Waals surface area contributed by atoms with Gasteiger partial charge in [0.1, 0.15) is 0 Å². The summed E-state index contributed by atoms with van der Waals surface area (Å²) < 4.78 is 5.05. The number of nitrogens with zero attached hydrogens (tertiary/aromatic N) is 1. The molecule has 7 nitrogen and oxygen atoms in total. The van der Waals surface area contributed by atoms with Gasteiger partial charge in [0.2, 0.25) is 5.91 Å². The van der Waals surface area contributed by atoms with Crippen molar-refractivity contribution < 1.29 is 24.5 Å². The van der Waals surface area contributed by atoms with Crippen molar-refractivity contribution in [1.29, 1.82) is 0 Å². The number of carbonyl (C=O) groups is 2. The molecule has 0 aliphatic carbocycles. The Balaban J connectivity index is 2.09. The molecule has 1 heterocycles. The van der Waals surface area contributed by atoms with Crippen LogP contribution in [0.15, 0.2) is 0 Å². The van der Waals surface area contributed by atoms with E-state index < -0.39 is 5.97 Å². The summed E-state index contributed by atoms with van der Waals surface area (Å²) in [6.45, 7) is 2.57. The highest BCUT2D eigenvalue weighted by Gasteiger charge is 2.26. The van der Waals surface area contributed by atoms with Gasteiger partial charge in [-0.3, -0.25) is 9.59 Å². The van der Waals surface area contributed by atoms with E-state index in [1.165, 1.54) is 0 Å². The lowest BCUT2D eigenvalue weighted by molar-refractivity contribution is -0.145. The van der Waals surface area contributed by atoms with Crippen LogP contribution in [0.4, 0.5) is 0 Å². The lowest BCUT2D eigenvalue weighted by atomic mass is 9.97. The predicted octanol–water partition coefficient (Wildman–Crippen LogP) is -1.09. The van der Waals surface area contributed by atoms with Crippen LogP contribution in [0.2, 0.25) is 0 Å². The first-order chi connectivity index (χ1) is 9.15. The Morgan fingerprint density at radius 2 is 1.95 bits per heavy atom. The van der Waals surface area contributed by atoms with E-state index >= 15 is 0 Å². The van der Waals surface area contributed by atoms with Gasteiger partial charge < -0.3 is 25.2 Å². The molecule has 0 aromatic heterocycles. The van der Waals surface area contributed by atoms with E-state index in [2.05, 4.69) is 5.32 Å². The lowest BCUT2D eigenvalue weighted by Gasteiger charge is -2.30. The van der Waals surface area contributed by atoms with Crippen molar-refractivity contribution in [2.24, 2.45) is 5.92 Å². The minimum absolute atomic E-state index is 0.00253. The van der Waals surface area contributed by atoms with Crippen LogP contribution in [0.25, 0.3) is 0 Å². The Bertz CT molecular complexity index is 290. The van der Waals surface area contributed by atoms with Gasteiger partial charge in [0, 0.05) is 19.6 Å². The second-order valence-electron chi connectivity index (χ2n) is 4.51. The maximum Gasteiger partial charge on any atom is 0.306 e. The van der Waals surface area contributed by atoms with E-state index in [9.17, 15) is 9.59 Å². The van der Waals surface area contributed by atoms with Crippen molar-refractivity contribution in [2.75, 3.05) is 46.0 Å². The Morgan fingerprint density at radius 3 is 2.53 bits per heavy atom. The molecule has 0 bridgehead atoms. The van der Waals surface area contributed by atoms with Crippen LogP contribution in [0.5, 0.6) is 0 Å². The van der Waals surface area contributed by atoms with E-state index in [1.54, 1.807) is 4.90 Å². The van der Waals surface area contributed by atoms with Crippen molar-refractivity contribution in [2.45, 2.75) is 12.8 Å². The molecule has 1 saturated heterocycles. The highest BCUT2D eigenvalue weighted by molar-refractivity contribution is 5.78. The zero-order valence-electron chi connectivity index (χ0n) is 11.0. The Morgan fingerprint density at radius 1 is 1.26 bits per heavy atom. The van der Waals surface area contributed by atoms with Crippen molar-refractivity contribution in [1.82, 2.24) is 10.2 Å². The van der Waals surface area contributed by atoms with Crippen LogP contribution < -0.4 is 5.32 Å². The Kier molecular flexibility index (Phi) is 7.39. The van der Waals surface area contributed by atoms with Gasteiger partial charge >= 0.3 is 5.97 Å². The first-order valence-corrected chi connectivity index (χ1v) is 6.55. The SMILES string of the molecule is O=C(O)C1CCN(C(=O)CNCCOCCO)CC1. The van der Waals surface area contributed by atoms with Gasteiger partial charge in [0.15, 0.2) is 0 Å². The van der Waals surface area contributed by atoms with E-state index in [0.29, 0.717) is 45.7 Å². The van der Waals surface area contributed by atoms with Crippen molar-refractivity contribution in [3.63, 3.8) is 0 Å². The molecule has 1 rings (SSSR count). The van der Waals surface area contributed by atoms with Gasteiger partial charge in [-0.05, 0) is 12.8 Å². The number of carbonyl (C=O) groups excluding carboxylic acids is 1. The maximum atomic E-state index is 11.8. The topological polar surface area (TPSA) is 99.1 Å². The number of likely N-dealkylation sites (tertiary alicyclic amines) is 1. The number of piperidine rings is 1. The first kappa shape index (κ1) is 15.9. The number of ether oxygens (including phenoxy) is 1. The molecule has 0 aromatic carbocycles. The second kappa shape index (κ2) is 8.84. The molecule has 1 aliphatic heterocycles. The number of carboxylic acid groups (broad SMARTS) is 1. The lowest BCUT2D eigenvalue weighted by Crippen LogP contribution is -2.44. The largest absolute Gasteiger partial charge is 0.481 e. The van der Waals surface area contributed by atoms with Crippen LogP contribution in [0, 0.1) is 5.92 Å². The third-order valence-electron chi connectivity index (χ3n) is 3.13. The van der Waals surface area contributed by atoms with Crippen LogP contribution in [-0.4, -0.2) is 73.0 Å². The smallest absolute Gasteiger partial charge is 0.306 e. The van der Waals surface area contributed by atoms with E-state index in [4.69, 9.17) is 14.9 Å². The molecular formula is C12H22N2O5. The fourth-order valence-electron chi connectivity index (χ4n) is 1.99. The molecule has 0 spiro atoms. The molecule has 110 valence electrons. The zero-order valence-corrected chi connectivity index (χ0v) is 11.0. The van der Waals surface area contributed by atoms with E-state index in [0.717, 1.165) is 0 Å². The molecule has 1 fully saturated rings. The summed E-state index contributed by atoms with van der Waals surface area (Å²) >= 11 is 0. The van der Waals surface area contributed by atoms with Gasteiger partial charge in [-0.1, -0.05) is 0 Å². The molecule has 7 heteroatoms. The van der Waals surface area contributed by atoms with Crippen LogP contribution in [0.3, 0.4) is 0 Å². The fraction of sp³-hybridized carbons (Fsp3) is 0.833. The fourth-order valence-corrected chi connectivity index (χ4v) is 1.99. The highest BCUT2D eigenvalue weighted by atomic mass is 16.5. The number of hydrogen-bond donors (Lipinski definition) is 3. The number of aliphatic hydroxyl groups is 1. The second-order valence-corrected chi connectivity index (χ2v) is 4.51. The summed E-state index contributed by atoms with van der Waals surface area (Å²) in [5.74, 6) is -1.10. The van der Waals surface area contributed by atoms with Gasteiger partial charge in [-0.15, -0.1) is 0 Å². The molecule has 1 amide bonds. The Hall–Kier alpha value is -1.18. The molecule has 3 N–H and O–H groups in total. The summed E-state index contributed by atoms with van der Waals surface area (Å²) in [7, 11) is 0. The number of rotatable bonds is 8.